The van der Waals surface area contributed by atoms with Gasteiger partial charge in [0.15, 0.2) is 0 Å². The molecule has 5 heteroatoms. The molecule has 2 aromatic heterocycles. The van der Waals surface area contributed by atoms with E-state index in [0.29, 0.717) is 5.92 Å². The predicted octanol–water partition coefficient (Wildman–Crippen LogP) is 2.46. The third kappa shape index (κ3) is 3.19. The monoisotopic (exact) mass is 289 g/mol. The molecule has 0 saturated carbocycles. The molecule has 1 unspecified atom stereocenters. The van der Waals surface area contributed by atoms with Gasteiger partial charge in [-0.2, -0.15) is 5.10 Å². The first-order chi connectivity index (χ1) is 10.2. The van der Waals surface area contributed by atoms with Crippen molar-refractivity contribution in [2.75, 3.05) is 19.8 Å². The molecule has 3 heterocycles. The van der Waals surface area contributed by atoms with Crippen LogP contribution in [0, 0.1) is 6.92 Å². The largest absolute Gasteiger partial charge is 0.465 e. The van der Waals surface area contributed by atoms with E-state index in [0.717, 1.165) is 44.4 Å². The van der Waals surface area contributed by atoms with E-state index >= 15 is 0 Å². The van der Waals surface area contributed by atoms with Crippen LogP contribution < -0.4 is 0 Å². The van der Waals surface area contributed by atoms with Crippen molar-refractivity contribution in [3.8, 4) is 0 Å². The fourth-order valence-corrected chi connectivity index (χ4v) is 3.03. The standard InChI is InChI=1S/C16H23N3O2/c1-4-20-11-14-9-19(10-15-6-5-12(2)21-15)8-13-7-18(3)17-16(13)14/h5-7,14H,4,8-11H2,1-3H3. The van der Waals surface area contributed by atoms with Crippen molar-refractivity contribution in [2.24, 2.45) is 7.05 Å². The van der Waals surface area contributed by atoms with E-state index in [4.69, 9.17) is 9.15 Å². The predicted molar refractivity (Wildman–Crippen MR) is 80.0 cm³/mol. The average molecular weight is 289 g/mol. The highest BCUT2D eigenvalue weighted by molar-refractivity contribution is 5.24. The van der Waals surface area contributed by atoms with Crippen molar-refractivity contribution >= 4 is 0 Å². The van der Waals surface area contributed by atoms with Gasteiger partial charge in [0, 0.05) is 44.4 Å². The van der Waals surface area contributed by atoms with Crippen LogP contribution in [0.2, 0.25) is 0 Å². The molecule has 0 fully saturated rings. The molecule has 1 aliphatic rings. The normalized spacial score (nSPS) is 18.9. The molecule has 2 aromatic rings. The molecular weight excluding hydrogens is 266 g/mol. The topological polar surface area (TPSA) is 43.4 Å². The number of aryl methyl sites for hydroxylation is 2. The van der Waals surface area contributed by atoms with Crippen molar-refractivity contribution in [3.05, 3.63) is 41.1 Å². The molecule has 0 bridgehead atoms. The van der Waals surface area contributed by atoms with E-state index in [2.05, 4.69) is 22.3 Å². The summed E-state index contributed by atoms with van der Waals surface area (Å²) in [5.74, 6) is 2.33. The third-order valence-corrected chi connectivity index (χ3v) is 3.89. The molecule has 114 valence electrons. The first-order valence-electron chi connectivity index (χ1n) is 7.53. The first-order valence-corrected chi connectivity index (χ1v) is 7.53. The van der Waals surface area contributed by atoms with Crippen LogP contribution in [0.25, 0.3) is 0 Å². The molecule has 0 N–H and O–H groups in total. The van der Waals surface area contributed by atoms with Gasteiger partial charge in [0.1, 0.15) is 11.5 Å². The maximum absolute atomic E-state index is 5.70. The summed E-state index contributed by atoms with van der Waals surface area (Å²) in [5, 5.41) is 4.62. The van der Waals surface area contributed by atoms with Gasteiger partial charge in [0.25, 0.3) is 0 Å². The second kappa shape index (κ2) is 6.03. The lowest BCUT2D eigenvalue weighted by Gasteiger charge is -2.31. The van der Waals surface area contributed by atoms with E-state index in [1.807, 2.05) is 31.6 Å². The molecule has 3 rings (SSSR count). The molecule has 0 aromatic carbocycles. The highest BCUT2D eigenvalue weighted by Crippen LogP contribution is 2.28. The van der Waals surface area contributed by atoms with E-state index in [1.165, 1.54) is 11.3 Å². The van der Waals surface area contributed by atoms with E-state index < -0.39 is 0 Å². The van der Waals surface area contributed by atoms with Gasteiger partial charge in [-0.05, 0) is 26.0 Å². The van der Waals surface area contributed by atoms with Gasteiger partial charge in [0.2, 0.25) is 0 Å². The van der Waals surface area contributed by atoms with Crippen LogP contribution in [-0.4, -0.2) is 34.4 Å². The van der Waals surface area contributed by atoms with Gasteiger partial charge in [0.05, 0.1) is 18.8 Å². The highest BCUT2D eigenvalue weighted by Gasteiger charge is 2.28. The van der Waals surface area contributed by atoms with Crippen LogP contribution in [0.5, 0.6) is 0 Å². The molecule has 5 nitrogen and oxygen atoms in total. The summed E-state index contributed by atoms with van der Waals surface area (Å²) in [5.41, 5.74) is 2.49. The summed E-state index contributed by atoms with van der Waals surface area (Å²) in [7, 11) is 1.98. The van der Waals surface area contributed by atoms with Crippen LogP contribution in [-0.2, 0) is 24.9 Å². The van der Waals surface area contributed by atoms with Gasteiger partial charge >= 0.3 is 0 Å². The highest BCUT2D eigenvalue weighted by atomic mass is 16.5. The summed E-state index contributed by atoms with van der Waals surface area (Å²) in [4.78, 5) is 2.41. The van der Waals surface area contributed by atoms with Crippen LogP contribution in [0.15, 0.2) is 22.7 Å². The molecule has 0 spiro atoms. The lowest BCUT2D eigenvalue weighted by molar-refractivity contribution is 0.101. The van der Waals surface area contributed by atoms with E-state index in [1.54, 1.807) is 0 Å². The summed E-state index contributed by atoms with van der Waals surface area (Å²) < 4.78 is 13.3. The van der Waals surface area contributed by atoms with Gasteiger partial charge in [-0.25, -0.2) is 0 Å². The Labute approximate surface area is 125 Å². The Morgan fingerprint density at radius 1 is 1.43 bits per heavy atom. The number of fused-ring (bicyclic) bond motifs is 1. The number of furan rings is 1. The minimum atomic E-state index is 0.339. The van der Waals surface area contributed by atoms with Gasteiger partial charge in [-0.3, -0.25) is 9.58 Å². The molecule has 0 amide bonds. The molecule has 0 saturated heterocycles. The fraction of sp³-hybridized carbons (Fsp3) is 0.562. The molecular formula is C16H23N3O2. The third-order valence-electron chi connectivity index (χ3n) is 3.89. The number of hydrogen-bond donors (Lipinski definition) is 0. The maximum Gasteiger partial charge on any atom is 0.118 e. The summed E-state index contributed by atoms with van der Waals surface area (Å²) in [6, 6.07) is 4.08. The lowest BCUT2D eigenvalue weighted by Crippen LogP contribution is -2.34. The van der Waals surface area contributed by atoms with Crippen LogP contribution >= 0.6 is 0 Å². The number of nitrogens with zero attached hydrogens (tertiary/aromatic N) is 3. The summed E-state index contributed by atoms with van der Waals surface area (Å²) >= 11 is 0. The Hall–Kier alpha value is -1.59. The Kier molecular flexibility index (Phi) is 4.12. The summed E-state index contributed by atoms with van der Waals surface area (Å²) in [6.07, 6.45) is 2.12. The first kappa shape index (κ1) is 14.4. The quantitative estimate of drug-likeness (QED) is 0.848. The van der Waals surface area contributed by atoms with E-state index in [-0.39, 0.29) is 0 Å². The van der Waals surface area contributed by atoms with E-state index in [9.17, 15) is 0 Å². The number of ether oxygens (including phenoxy) is 1. The minimum absolute atomic E-state index is 0.339. The van der Waals surface area contributed by atoms with Crippen molar-refractivity contribution in [3.63, 3.8) is 0 Å². The molecule has 0 aliphatic carbocycles. The van der Waals surface area contributed by atoms with Gasteiger partial charge < -0.3 is 9.15 Å². The lowest BCUT2D eigenvalue weighted by atomic mass is 9.97. The maximum atomic E-state index is 5.70. The SMILES string of the molecule is CCOCC1CN(Cc2ccc(C)o2)Cc2cn(C)nc21. The zero-order valence-corrected chi connectivity index (χ0v) is 13.0. The molecule has 21 heavy (non-hydrogen) atoms. The number of aromatic nitrogens is 2. The van der Waals surface area contributed by atoms with Crippen molar-refractivity contribution in [1.29, 1.82) is 0 Å². The average Bonchev–Trinajstić information content (AvgIpc) is 3.01. The molecule has 1 aliphatic heterocycles. The van der Waals surface area contributed by atoms with Crippen LogP contribution in [0.1, 0.15) is 35.6 Å². The smallest absolute Gasteiger partial charge is 0.118 e. The van der Waals surface area contributed by atoms with Gasteiger partial charge in [-0.15, -0.1) is 0 Å². The van der Waals surface area contributed by atoms with Crippen molar-refractivity contribution in [1.82, 2.24) is 14.7 Å². The second-order valence-electron chi connectivity index (χ2n) is 5.75. The Bertz CT molecular complexity index is 602. The van der Waals surface area contributed by atoms with Crippen LogP contribution in [0.3, 0.4) is 0 Å². The fourth-order valence-electron chi connectivity index (χ4n) is 3.03. The van der Waals surface area contributed by atoms with Crippen LogP contribution in [0.4, 0.5) is 0 Å². The Balaban J connectivity index is 1.76. The number of rotatable bonds is 5. The molecule has 1 atom stereocenters. The molecule has 0 radical (unpaired) electrons. The Morgan fingerprint density at radius 3 is 3.00 bits per heavy atom. The van der Waals surface area contributed by atoms with Crippen molar-refractivity contribution in [2.45, 2.75) is 32.9 Å². The minimum Gasteiger partial charge on any atom is -0.465 e. The zero-order valence-electron chi connectivity index (χ0n) is 13.0. The van der Waals surface area contributed by atoms with Gasteiger partial charge in [-0.1, -0.05) is 0 Å². The zero-order chi connectivity index (χ0) is 14.8. The summed E-state index contributed by atoms with van der Waals surface area (Å²) in [6.45, 7) is 8.21. The second-order valence-corrected chi connectivity index (χ2v) is 5.75. The Morgan fingerprint density at radius 2 is 2.29 bits per heavy atom. The van der Waals surface area contributed by atoms with Crippen molar-refractivity contribution < 1.29 is 9.15 Å². The number of hydrogen-bond acceptors (Lipinski definition) is 4.